The van der Waals surface area contributed by atoms with E-state index >= 15 is 0 Å². The summed E-state index contributed by atoms with van der Waals surface area (Å²) >= 11 is 0. The molecule has 0 amide bonds. The zero-order valence-corrected chi connectivity index (χ0v) is 18.2. The van der Waals surface area contributed by atoms with Gasteiger partial charge in [-0.1, -0.05) is 6.07 Å². The Kier molecular flexibility index (Phi) is 6.07. The van der Waals surface area contributed by atoms with Crippen LogP contribution in [0.1, 0.15) is 30.4 Å². The third kappa shape index (κ3) is 4.48. The fourth-order valence-electron chi connectivity index (χ4n) is 4.48. The normalized spacial score (nSPS) is 19.8. The van der Waals surface area contributed by atoms with E-state index in [1.165, 1.54) is 6.07 Å². The van der Waals surface area contributed by atoms with Crippen LogP contribution in [0.2, 0.25) is 0 Å². The Labute approximate surface area is 181 Å². The van der Waals surface area contributed by atoms with E-state index < -0.39 is 11.9 Å². The van der Waals surface area contributed by atoms with Gasteiger partial charge in [0, 0.05) is 24.4 Å². The second-order valence-corrected chi connectivity index (χ2v) is 8.71. The van der Waals surface area contributed by atoms with Crippen LogP contribution in [0.4, 0.5) is 4.39 Å². The summed E-state index contributed by atoms with van der Waals surface area (Å²) in [6, 6.07) is 6.28. The van der Waals surface area contributed by atoms with Crippen LogP contribution in [-0.2, 0) is 11.2 Å². The lowest BCUT2D eigenvalue weighted by molar-refractivity contribution is -0.124. The van der Waals surface area contributed by atoms with Gasteiger partial charge in [0.1, 0.15) is 11.4 Å². The lowest BCUT2D eigenvalue weighted by atomic mass is 9.92. The van der Waals surface area contributed by atoms with Crippen LogP contribution in [-0.4, -0.2) is 46.8 Å². The number of nitrogens with zero attached hydrogens (tertiary/aromatic N) is 2. The quantitative estimate of drug-likeness (QED) is 0.600. The molecule has 7 heteroatoms. The van der Waals surface area contributed by atoms with Gasteiger partial charge in [-0.2, -0.15) is 0 Å². The number of fused-ring (bicyclic) bond motifs is 1. The van der Waals surface area contributed by atoms with Gasteiger partial charge < -0.3 is 20.4 Å². The van der Waals surface area contributed by atoms with Gasteiger partial charge in [-0.25, -0.2) is 9.37 Å². The molecule has 3 N–H and O–H groups in total. The molecule has 164 valence electrons. The molecule has 0 saturated heterocycles. The zero-order valence-electron chi connectivity index (χ0n) is 18.2. The molecule has 0 bridgehead atoms. The number of carbonyl (C=O) groups excluding carboxylic acids is 1. The maximum atomic E-state index is 14.8. The largest absolute Gasteiger partial charge is 0.453 e. The van der Waals surface area contributed by atoms with Crippen molar-refractivity contribution in [2.75, 3.05) is 14.1 Å². The number of carbonyl (C=O) groups is 1. The van der Waals surface area contributed by atoms with E-state index in [-0.39, 0.29) is 17.5 Å². The number of halogens is 1. The summed E-state index contributed by atoms with van der Waals surface area (Å²) in [5.41, 5.74) is 8.56. The Morgan fingerprint density at radius 3 is 2.84 bits per heavy atom. The van der Waals surface area contributed by atoms with Crippen molar-refractivity contribution in [2.24, 2.45) is 11.7 Å². The molecule has 4 rings (SSSR count). The lowest BCUT2D eigenvalue weighted by Gasteiger charge is -2.20. The second-order valence-electron chi connectivity index (χ2n) is 8.71. The maximum absolute atomic E-state index is 14.8. The van der Waals surface area contributed by atoms with Crippen LogP contribution >= 0.6 is 0 Å². The Morgan fingerprint density at radius 2 is 2.13 bits per heavy atom. The lowest BCUT2D eigenvalue weighted by Crippen LogP contribution is -2.37. The third-order valence-electron chi connectivity index (χ3n) is 6.31. The number of ether oxygens (including phenoxy) is 1. The summed E-state index contributed by atoms with van der Waals surface area (Å²) in [7, 11) is 4.08. The minimum Gasteiger partial charge on any atom is -0.453 e. The molecule has 3 atom stereocenters. The highest BCUT2D eigenvalue weighted by molar-refractivity contribution is 5.87. The first kappa shape index (κ1) is 21.5. The van der Waals surface area contributed by atoms with Gasteiger partial charge in [0.05, 0.1) is 11.4 Å². The number of nitrogens with one attached hydrogen (secondary N) is 1. The van der Waals surface area contributed by atoms with E-state index in [1.807, 2.05) is 27.2 Å². The van der Waals surface area contributed by atoms with E-state index in [0.717, 1.165) is 30.2 Å². The molecule has 0 spiro atoms. The minimum atomic E-state index is -0.626. The van der Waals surface area contributed by atoms with Crippen LogP contribution in [0.15, 0.2) is 36.7 Å². The highest BCUT2D eigenvalue weighted by Gasteiger charge is 2.33. The maximum Gasteiger partial charge on any atom is 0.165 e. The van der Waals surface area contributed by atoms with Gasteiger partial charge in [-0.3, -0.25) is 4.79 Å². The molecule has 1 fully saturated rings. The second kappa shape index (κ2) is 8.77. The number of H-pyrrole nitrogens is 1. The van der Waals surface area contributed by atoms with Crippen LogP contribution in [0.25, 0.3) is 11.0 Å². The topological polar surface area (TPSA) is 84.2 Å². The van der Waals surface area contributed by atoms with Gasteiger partial charge in [-0.05, 0) is 76.0 Å². The summed E-state index contributed by atoms with van der Waals surface area (Å²) < 4.78 is 20.6. The molecule has 1 unspecified atom stereocenters. The number of Topliss-reactive ketones (excluding diaryl/α,β-unsaturated/α-hetero) is 1. The highest BCUT2D eigenvalue weighted by Crippen LogP contribution is 2.33. The number of hydrogen-bond acceptors (Lipinski definition) is 5. The van der Waals surface area contributed by atoms with Crippen molar-refractivity contribution in [2.45, 2.75) is 44.7 Å². The SMILES string of the molecule is Cc1c[nH]c2nccc(Oc3ccc(C[C@H](N)C(=O)C4CC[C@@H](N(C)C)C4)cc3F)c12. The van der Waals surface area contributed by atoms with Crippen LogP contribution in [0.5, 0.6) is 11.5 Å². The summed E-state index contributed by atoms with van der Waals surface area (Å²) in [6.07, 6.45) is 6.51. The predicted molar refractivity (Wildman–Crippen MR) is 119 cm³/mol. The van der Waals surface area contributed by atoms with Gasteiger partial charge in [0.25, 0.3) is 0 Å². The molecular formula is C24H29FN4O2. The summed E-state index contributed by atoms with van der Waals surface area (Å²) in [4.78, 5) is 22.3. The molecular weight excluding hydrogens is 395 g/mol. The number of aryl methyl sites for hydroxylation is 1. The fourth-order valence-corrected chi connectivity index (χ4v) is 4.48. The van der Waals surface area contributed by atoms with Crippen LogP contribution in [0.3, 0.4) is 0 Å². The van der Waals surface area contributed by atoms with E-state index in [4.69, 9.17) is 10.5 Å². The molecule has 2 heterocycles. The minimum absolute atomic E-state index is 0.00598. The molecule has 2 aromatic heterocycles. The average molecular weight is 425 g/mol. The van der Waals surface area contributed by atoms with E-state index in [0.29, 0.717) is 29.4 Å². The number of nitrogens with two attached hydrogens (primary N) is 1. The third-order valence-corrected chi connectivity index (χ3v) is 6.31. The number of rotatable bonds is 7. The predicted octanol–water partition coefficient (Wildman–Crippen LogP) is 3.97. The van der Waals surface area contributed by atoms with Crippen LogP contribution in [0, 0.1) is 18.7 Å². The van der Waals surface area contributed by atoms with Crippen molar-refractivity contribution < 1.29 is 13.9 Å². The first-order chi connectivity index (χ1) is 14.8. The Balaban J connectivity index is 1.44. The summed E-state index contributed by atoms with van der Waals surface area (Å²) in [6.45, 7) is 1.94. The Morgan fingerprint density at radius 1 is 1.32 bits per heavy atom. The first-order valence-electron chi connectivity index (χ1n) is 10.7. The number of benzene rings is 1. The molecule has 0 aliphatic heterocycles. The fraction of sp³-hybridized carbons (Fsp3) is 0.417. The van der Waals surface area contributed by atoms with Gasteiger partial charge >= 0.3 is 0 Å². The number of hydrogen-bond donors (Lipinski definition) is 2. The number of ketones is 1. The average Bonchev–Trinajstić information content (AvgIpc) is 3.37. The van der Waals surface area contributed by atoms with Crippen molar-refractivity contribution >= 4 is 16.8 Å². The smallest absolute Gasteiger partial charge is 0.165 e. The van der Waals surface area contributed by atoms with E-state index in [1.54, 1.807) is 24.4 Å². The molecule has 0 radical (unpaired) electrons. The van der Waals surface area contributed by atoms with E-state index in [9.17, 15) is 9.18 Å². The van der Waals surface area contributed by atoms with Gasteiger partial charge in [0.2, 0.25) is 0 Å². The Bertz CT molecular complexity index is 1090. The molecule has 1 aliphatic rings. The number of aromatic amines is 1. The summed E-state index contributed by atoms with van der Waals surface area (Å²) in [5.74, 6) is 0.255. The van der Waals surface area contributed by atoms with E-state index in [2.05, 4.69) is 14.9 Å². The van der Waals surface area contributed by atoms with Gasteiger partial charge in [0.15, 0.2) is 17.3 Å². The van der Waals surface area contributed by atoms with Crippen molar-refractivity contribution in [3.63, 3.8) is 0 Å². The molecule has 3 aromatic rings. The van der Waals surface area contributed by atoms with Gasteiger partial charge in [-0.15, -0.1) is 0 Å². The highest BCUT2D eigenvalue weighted by atomic mass is 19.1. The first-order valence-corrected chi connectivity index (χ1v) is 10.7. The molecule has 31 heavy (non-hydrogen) atoms. The number of pyridine rings is 1. The molecule has 1 aliphatic carbocycles. The van der Waals surface area contributed by atoms with Crippen molar-refractivity contribution in [1.82, 2.24) is 14.9 Å². The molecule has 1 saturated carbocycles. The van der Waals surface area contributed by atoms with Crippen molar-refractivity contribution in [3.8, 4) is 11.5 Å². The zero-order chi connectivity index (χ0) is 22.1. The summed E-state index contributed by atoms with van der Waals surface area (Å²) in [5, 5.41) is 0.825. The molecule has 6 nitrogen and oxygen atoms in total. The standard InChI is InChI=1S/C24H29FN4O2/c1-14-13-28-24-22(14)21(8-9-27-24)31-20-7-4-15(10-18(20)25)11-19(26)23(30)16-5-6-17(12-16)29(2)3/h4,7-10,13,16-17,19H,5-6,11-12,26H2,1-3H3,(H,27,28)/t16?,17-,19+/m1/s1. The number of aromatic nitrogens is 2. The monoisotopic (exact) mass is 424 g/mol. The Hall–Kier alpha value is -2.77. The van der Waals surface area contributed by atoms with Crippen molar-refractivity contribution in [3.05, 3.63) is 53.6 Å². The van der Waals surface area contributed by atoms with Crippen LogP contribution < -0.4 is 10.5 Å². The van der Waals surface area contributed by atoms with Crippen molar-refractivity contribution in [1.29, 1.82) is 0 Å². The molecule has 1 aromatic carbocycles.